The van der Waals surface area contributed by atoms with E-state index in [9.17, 15) is 9.59 Å². The van der Waals surface area contributed by atoms with Crippen LogP contribution in [0.25, 0.3) is 0 Å². The average molecular weight is 349 g/mol. The lowest BCUT2D eigenvalue weighted by molar-refractivity contribution is -0.119. The third-order valence-corrected chi connectivity index (χ3v) is 3.93. The second kappa shape index (κ2) is 8.78. The van der Waals surface area contributed by atoms with Gasteiger partial charge in [0.2, 0.25) is 0 Å². The number of nitrogens with one attached hydrogen (secondary N) is 2. The maximum absolute atomic E-state index is 11.8. The highest BCUT2D eigenvalue weighted by molar-refractivity contribution is 7.09. The van der Waals surface area contributed by atoms with Gasteiger partial charge in [0.25, 0.3) is 5.91 Å². The smallest absolute Gasteiger partial charge is 0.315 e. The van der Waals surface area contributed by atoms with Gasteiger partial charge in [0.15, 0.2) is 18.1 Å². The van der Waals surface area contributed by atoms with Gasteiger partial charge < -0.3 is 25.8 Å². The van der Waals surface area contributed by atoms with E-state index in [1.54, 1.807) is 29.5 Å². The molecule has 1 aromatic carbocycles. The minimum atomic E-state index is -0.565. The van der Waals surface area contributed by atoms with Crippen molar-refractivity contribution in [3.8, 4) is 11.5 Å². The molecule has 24 heavy (non-hydrogen) atoms. The number of primary amides is 1. The van der Waals surface area contributed by atoms with Crippen LogP contribution in [0.1, 0.15) is 10.4 Å². The number of benzene rings is 1. The fourth-order valence-corrected chi connectivity index (χ4v) is 2.56. The Bertz CT molecular complexity index is 689. The van der Waals surface area contributed by atoms with Crippen LogP contribution in [0.2, 0.25) is 0 Å². The van der Waals surface area contributed by atoms with Gasteiger partial charge in [-0.25, -0.2) is 4.79 Å². The first-order valence-electron chi connectivity index (χ1n) is 7.20. The number of thiophene rings is 1. The summed E-state index contributed by atoms with van der Waals surface area (Å²) in [5.74, 6) is 0.321. The van der Waals surface area contributed by atoms with Crippen LogP contribution < -0.4 is 25.8 Å². The molecule has 4 N–H and O–H groups in total. The van der Waals surface area contributed by atoms with E-state index in [0.717, 1.165) is 10.4 Å². The van der Waals surface area contributed by atoms with Crippen molar-refractivity contribution in [3.63, 3.8) is 0 Å². The molecule has 2 aromatic rings. The molecule has 0 aliphatic carbocycles. The summed E-state index contributed by atoms with van der Waals surface area (Å²) in [5, 5.41) is 7.51. The zero-order valence-corrected chi connectivity index (χ0v) is 14.0. The van der Waals surface area contributed by atoms with E-state index in [-0.39, 0.29) is 12.6 Å². The van der Waals surface area contributed by atoms with Crippen molar-refractivity contribution in [2.24, 2.45) is 5.73 Å². The van der Waals surface area contributed by atoms with E-state index >= 15 is 0 Å². The van der Waals surface area contributed by atoms with Crippen molar-refractivity contribution in [1.82, 2.24) is 10.6 Å². The maximum atomic E-state index is 11.8. The van der Waals surface area contributed by atoms with Gasteiger partial charge in [0, 0.05) is 11.4 Å². The summed E-state index contributed by atoms with van der Waals surface area (Å²) >= 11 is 1.59. The second-order valence-electron chi connectivity index (χ2n) is 4.86. The summed E-state index contributed by atoms with van der Waals surface area (Å²) in [5.41, 5.74) is 5.89. The Labute approximate surface area is 143 Å². The van der Waals surface area contributed by atoms with Crippen LogP contribution >= 0.6 is 11.3 Å². The van der Waals surface area contributed by atoms with Gasteiger partial charge >= 0.3 is 6.03 Å². The predicted molar refractivity (Wildman–Crippen MR) is 91.1 cm³/mol. The number of amides is 3. The highest BCUT2D eigenvalue weighted by atomic mass is 32.1. The Morgan fingerprint density at radius 2 is 1.96 bits per heavy atom. The molecule has 0 radical (unpaired) electrons. The SMILES string of the molecule is COc1cc(CNC(=O)NCc2cccs2)ccc1OCC(N)=O. The highest BCUT2D eigenvalue weighted by Gasteiger charge is 2.08. The maximum Gasteiger partial charge on any atom is 0.315 e. The lowest BCUT2D eigenvalue weighted by Crippen LogP contribution is -2.34. The normalized spacial score (nSPS) is 10.0. The van der Waals surface area contributed by atoms with Gasteiger partial charge in [0.05, 0.1) is 13.7 Å². The number of hydrogen-bond donors (Lipinski definition) is 3. The molecule has 2 rings (SSSR count). The van der Waals surface area contributed by atoms with Gasteiger partial charge in [-0.2, -0.15) is 0 Å². The Morgan fingerprint density at radius 3 is 2.62 bits per heavy atom. The van der Waals surface area contributed by atoms with Gasteiger partial charge in [-0.1, -0.05) is 12.1 Å². The van der Waals surface area contributed by atoms with Crippen LogP contribution in [0.5, 0.6) is 11.5 Å². The molecule has 0 aliphatic rings. The highest BCUT2D eigenvalue weighted by Crippen LogP contribution is 2.27. The first-order chi connectivity index (χ1) is 11.6. The summed E-state index contributed by atoms with van der Waals surface area (Å²) < 4.78 is 10.5. The molecule has 0 bridgehead atoms. The minimum Gasteiger partial charge on any atom is -0.493 e. The number of ether oxygens (including phenoxy) is 2. The first kappa shape index (κ1) is 17.6. The Balaban J connectivity index is 1.85. The van der Waals surface area contributed by atoms with E-state index < -0.39 is 5.91 Å². The molecular weight excluding hydrogens is 330 g/mol. The third kappa shape index (κ3) is 5.47. The Kier molecular flexibility index (Phi) is 6.44. The molecule has 0 saturated carbocycles. The number of carbonyl (C=O) groups excluding carboxylic acids is 2. The number of urea groups is 1. The number of methoxy groups -OCH3 is 1. The lowest BCUT2D eigenvalue weighted by Gasteiger charge is -2.12. The minimum absolute atomic E-state index is 0.223. The van der Waals surface area contributed by atoms with Gasteiger partial charge in [-0.3, -0.25) is 4.79 Å². The molecule has 0 fully saturated rings. The predicted octanol–water partition coefficient (Wildman–Crippen LogP) is 1.62. The topological polar surface area (TPSA) is 103 Å². The van der Waals surface area contributed by atoms with E-state index in [0.29, 0.717) is 24.6 Å². The van der Waals surface area contributed by atoms with E-state index in [4.69, 9.17) is 15.2 Å². The lowest BCUT2D eigenvalue weighted by atomic mass is 10.2. The molecule has 1 heterocycles. The second-order valence-corrected chi connectivity index (χ2v) is 5.89. The third-order valence-electron chi connectivity index (χ3n) is 3.05. The van der Waals surface area contributed by atoms with Crippen molar-refractivity contribution in [1.29, 1.82) is 0 Å². The van der Waals surface area contributed by atoms with Crippen LogP contribution in [-0.4, -0.2) is 25.7 Å². The molecule has 3 amide bonds. The van der Waals surface area contributed by atoms with Crippen molar-refractivity contribution < 1.29 is 19.1 Å². The molecule has 0 aliphatic heterocycles. The summed E-state index contributed by atoms with van der Waals surface area (Å²) in [6.07, 6.45) is 0. The summed E-state index contributed by atoms with van der Waals surface area (Å²) in [6, 6.07) is 8.82. The largest absolute Gasteiger partial charge is 0.493 e. The van der Waals surface area contributed by atoms with E-state index in [1.165, 1.54) is 7.11 Å². The molecule has 8 heteroatoms. The Hall–Kier alpha value is -2.74. The van der Waals surface area contributed by atoms with E-state index in [1.807, 2.05) is 17.5 Å². The van der Waals surface area contributed by atoms with Crippen LogP contribution in [0.4, 0.5) is 4.79 Å². The fourth-order valence-electron chi connectivity index (χ4n) is 1.92. The molecule has 0 unspecified atom stereocenters. The van der Waals surface area contributed by atoms with Crippen molar-refractivity contribution in [2.45, 2.75) is 13.1 Å². The molecule has 0 spiro atoms. The van der Waals surface area contributed by atoms with Crippen LogP contribution in [0.3, 0.4) is 0 Å². The molecule has 128 valence electrons. The molecule has 1 aromatic heterocycles. The summed E-state index contributed by atoms with van der Waals surface area (Å²) in [6.45, 7) is 0.606. The van der Waals surface area contributed by atoms with Gasteiger partial charge in [-0.15, -0.1) is 11.3 Å². The van der Waals surface area contributed by atoms with Crippen LogP contribution in [0.15, 0.2) is 35.7 Å². The van der Waals surface area contributed by atoms with Crippen molar-refractivity contribution in [2.75, 3.05) is 13.7 Å². The van der Waals surface area contributed by atoms with Crippen LogP contribution in [0, 0.1) is 0 Å². The van der Waals surface area contributed by atoms with Crippen molar-refractivity contribution >= 4 is 23.3 Å². The monoisotopic (exact) mass is 349 g/mol. The molecular formula is C16H19N3O4S. The van der Waals surface area contributed by atoms with Crippen molar-refractivity contribution in [3.05, 3.63) is 46.2 Å². The zero-order chi connectivity index (χ0) is 17.4. The van der Waals surface area contributed by atoms with E-state index in [2.05, 4.69) is 10.6 Å². The number of rotatable bonds is 8. The standard InChI is InChI=1S/C16H19N3O4S/c1-22-14-7-11(4-5-13(14)23-10-15(17)20)8-18-16(21)19-9-12-3-2-6-24-12/h2-7H,8-10H2,1H3,(H2,17,20)(H2,18,19,21). The molecule has 7 nitrogen and oxygen atoms in total. The van der Waals surface area contributed by atoms with Crippen LogP contribution in [-0.2, 0) is 17.9 Å². The number of nitrogens with two attached hydrogens (primary N) is 1. The summed E-state index contributed by atoms with van der Waals surface area (Å²) in [4.78, 5) is 23.6. The first-order valence-corrected chi connectivity index (χ1v) is 8.08. The summed E-state index contributed by atoms with van der Waals surface area (Å²) in [7, 11) is 1.50. The van der Waals surface area contributed by atoms with Gasteiger partial charge in [0.1, 0.15) is 0 Å². The molecule has 0 atom stereocenters. The average Bonchev–Trinajstić information content (AvgIpc) is 3.10. The zero-order valence-electron chi connectivity index (χ0n) is 13.2. The number of hydrogen-bond acceptors (Lipinski definition) is 5. The Morgan fingerprint density at radius 1 is 1.17 bits per heavy atom. The fraction of sp³-hybridized carbons (Fsp3) is 0.250. The molecule has 0 saturated heterocycles. The quantitative estimate of drug-likeness (QED) is 0.674. The number of carbonyl (C=O) groups is 2. The van der Waals surface area contributed by atoms with Gasteiger partial charge in [-0.05, 0) is 29.1 Å².